The zero-order valence-electron chi connectivity index (χ0n) is 13.0. The van der Waals surface area contributed by atoms with Gasteiger partial charge in [0.2, 0.25) is 5.91 Å². The largest absolute Gasteiger partial charge is 0.306 e. The van der Waals surface area contributed by atoms with Crippen molar-refractivity contribution in [3.05, 3.63) is 35.4 Å². The highest BCUT2D eigenvalue weighted by atomic mass is 16.2. The molecule has 1 heterocycles. The predicted molar refractivity (Wildman–Crippen MR) is 84.5 cm³/mol. The van der Waals surface area contributed by atoms with Crippen molar-refractivity contribution in [3.8, 4) is 0 Å². The number of hydrogen-bond donors (Lipinski definition) is 2. The molecule has 0 bridgehead atoms. The van der Waals surface area contributed by atoms with Gasteiger partial charge in [-0.2, -0.15) is 0 Å². The molecular formula is C16H26N4O. The summed E-state index contributed by atoms with van der Waals surface area (Å²) in [4.78, 5) is 16.1. The molecule has 0 radical (unpaired) electrons. The molecule has 0 unspecified atom stereocenters. The quantitative estimate of drug-likeness (QED) is 0.477. The van der Waals surface area contributed by atoms with Gasteiger partial charge in [-0.15, -0.1) is 0 Å². The minimum atomic E-state index is -0.159. The lowest BCUT2D eigenvalue weighted by molar-refractivity contribution is -0.120. The number of piperidine rings is 1. The van der Waals surface area contributed by atoms with E-state index in [1.165, 1.54) is 18.4 Å². The molecular weight excluding hydrogens is 264 g/mol. The second-order valence-electron chi connectivity index (χ2n) is 6.03. The van der Waals surface area contributed by atoms with Crippen LogP contribution in [0.5, 0.6) is 0 Å². The number of rotatable bonds is 5. The van der Waals surface area contributed by atoms with Crippen molar-refractivity contribution >= 4 is 5.91 Å². The number of likely N-dealkylation sites (tertiary alicyclic amines) is 1. The van der Waals surface area contributed by atoms with Crippen LogP contribution < -0.4 is 11.3 Å². The normalized spacial score (nSPS) is 17.1. The average molecular weight is 290 g/mol. The molecule has 1 saturated heterocycles. The fraction of sp³-hybridized carbons (Fsp3) is 0.562. The third kappa shape index (κ3) is 4.81. The van der Waals surface area contributed by atoms with Crippen LogP contribution in [0, 0.1) is 0 Å². The van der Waals surface area contributed by atoms with E-state index in [4.69, 9.17) is 5.84 Å². The Kier molecular flexibility index (Phi) is 5.73. The number of hydrazine groups is 1. The van der Waals surface area contributed by atoms with Gasteiger partial charge in [-0.3, -0.25) is 15.1 Å². The summed E-state index contributed by atoms with van der Waals surface area (Å²) in [5.74, 6) is 4.94. The van der Waals surface area contributed by atoms with Crippen LogP contribution >= 0.6 is 0 Å². The Morgan fingerprint density at radius 2 is 1.81 bits per heavy atom. The van der Waals surface area contributed by atoms with E-state index >= 15 is 0 Å². The van der Waals surface area contributed by atoms with Gasteiger partial charge in [0.1, 0.15) is 0 Å². The van der Waals surface area contributed by atoms with Gasteiger partial charge in [-0.25, -0.2) is 5.84 Å². The highest BCUT2D eigenvalue weighted by Crippen LogP contribution is 2.17. The van der Waals surface area contributed by atoms with E-state index in [0.29, 0.717) is 6.42 Å². The van der Waals surface area contributed by atoms with Gasteiger partial charge < -0.3 is 4.90 Å². The molecule has 0 atom stereocenters. The Balaban J connectivity index is 1.82. The Hall–Kier alpha value is -1.43. The summed E-state index contributed by atoms with van der Waals surface area (Å²) in [5.41, 5.74) is 4.45. The first kappa shape index (κ1) is 15.9. The average Bonchev–Trinajstić information content (AvgIpc) is 2.49. The van der Waals surface area contributed by atoms with E-state index in [0.717, 1.165) is 31.2 Å². The van der Waals surface area contributed by atoms with Crippen LogP contribution in [0.4, 0.5) is 0 Å². The molecule has 5 nitrogen and oxygen atoms in total. The van der Waals surface area contributed by atoms with Crippen LogP contribution in [0.25, 0.3) is 0 Å². The highest BCUT2D eigenvalue weighted by molar-refractivity contribution is 5.77. The number of carbonyl (C=O) groups is 1. The van der Waals surface area contributed by atoms with Crippen LogP contribution in [-0.2, 0) is 17.8 Å². The van der Waals surface area contributed by atoms with Crippen molar-refractivity contribution in [2.75, 3.05) is 27.2 Å². The van der Waals surface area contributed by atoms with Crippen molar-refractivity contribution in [1.82, 2.24) is 15.2 Å². The molecule has 0 spiro atoms. The number of benzene rings is 1. The third-order valence-corrected chi connectivity index (χ3v) is 4.24. The van der Waals surface area contributed by atoms with Gasteiger partial charge in [0.05, 0.1) is 6.42 Å². The molecule has 3 N–H and O–H groups in total. The lowest BCUT2D eigenvalue weighted by Gasteiger charge is -2.35. The van der Waals surface area contributed by atoms with Gasteiger partial charge >= 0.3 is 0 Å². The van der Waals surface area contributed by atoms with E-state index in [1.54, 1.807) is 0 Å². The predicted octanol–water partition coefficient (Wildman–Crippen LogP) is 0.745. The standard InChI is InChI=1S/C16H26N4O/c1-19(2)15-7-9-20(10-8-15)12-14-5-3-13(4-6-14)11-16(21)18-17/h3-6,15H,7-12,17H2,1-2H3,(H,18,21). The Bertz CT molecular complexity index is 450. The van der Waals surface area contributed by atoms with Crippen LogP contribution in [0.3, 0.4) is 0 Å². The lowest BCUT2D eigenvalue weighted by atomic mass is 10.0. The first-order chi connectivity index (χ1) is 10.1. The number of nitrogens with zero attached hydrogens (tertiary/aromatic N) is 2. The second-order valence-corrected chi connectivity index (χ2v) is 6.03. The molecule has 5 heteroatoms. The molecule has 0 saturated carbocycles. The maximum absolute atomic E-state index is 11.2. The fourth-order valence-corrected chi connectivity index (χ4v) is 2.85. The zero-order valence-corrected chi connectivity index (χ0v) is 13.0. The van der Waals surface area contributed by atoms with E-state index in [9.17, 15) is 4.79 Å². The van der Waals surface area contributed by atoms with Gasteiger partial charge in [0.15, 0.2) is 0 Å². The van der Waals surface area contributed by atoms with Crippen LogP contribution in [0.1, 0.15) is 24.0 Å². The summed E-state index contributed by atoms with van der Waals surface area (Å²) < 4.78 is 0. The van der Waals surface area contributed by atoms with Gasteiger partial charge in [0.25, 0.3) is 0 Å². The van der Waals surface area contributed by atoms with Crippen molar-refractivity contribution in [2.24, 2.45) is 5.84 Å². The SMILES string of the molecule is CN(C)C1CCN(Cc2ccc(CC(=O)NN)cc2)CC1. The molecule has 1 amide bonds. The van der Waals surface area contributed by atoms with Crippen LogP contribution in [0.15, 0.2) is 24.3 Å². The van der Waals surface area contributed by atoms with Crippen molar-refractivity contribution in [1.29, 1.82) is 0 Å². The summed E-state index contributed by atoms with van der Waals surface area (Å²) >= 11 is 0. The molecule has 1 aromatic carbocycles. The third-order valence-electron chi connectivity index (χ3n) is 4.24. The Morgan fingerprint density at radius 1 is 1.24 bits per heavy atom. The summed E-state index contributed by atoms with van der Waals surface area (Å²) in [7, 11) is 4.33. The summed E-state index contributed by atoms with van der Waals surface area (Å²) in [5, 5.41) is 0. The number of nitrogens with two attached hydrogens (primary N) is 1. The molecule has 1 aliphatic rings. The number of hydrogen-bond acceptors (Lipinski definition) is 4. The van der Waals surface area contributed by atoms with Gasteiger partial charge in [-0.05, 0) is 51.2 Å². The van der Waals surface area contributed by atoms with Crippen molar-refractivity contribution < 1.29 is 4.79 Å². The number of nitrogens with one attached hydrogen (secondary N) is 1. The van der Waals surface area contributed by atoms with Gasteiger partial charge in [-0.1, -0.05) is 24.3 Å². The summed E-state index contributed by atoms with van der Waals surface area (Å²) in [6.45, 7) is 3.30. The molecule has 21 heavy (non-hydrogen) atoms. The summed E-state index contributed by atoms with van der Waals surface area (Å²) in [6.07, 6.45) is 2.81. The van der Waals surface area contributed by atoms with Crippen LogP contribution in [-0.4, -0.2) is 48.9 Å². The highest BCUT2D eigenvalue weighted by Gasteiger charge is 2.20. The van der Waals surface area contributed by atoms with Gasteiger partial charge in [0, 0.05) is 12.6 Å². The van der Waals surface area contributed by atoms with E-state index < -0.39 is 0 Å². The first-order valence-electron chi connectivity index (χ1n) is 7.54. The fourth-order valence-electron chi connectivity index (χ4n) is 2.85. The summed E-state index contributed by atoms with van der Waals surface area (Å²) in [6, 6.07) is 8.96. The lowest BCUT2D eigenvalue weighted by Crippen LogP contribution is -2.41. The molecule has 1 fully saturated rings. The molecule has 0 aliphatic carbocycles. The van der Waals surface area contributed by atoms with Crippen molar-refractivity contribution in [2.45, 2.75) is 31.8 Å². The Labute approximate surface area is 127 Å². The Morgan fingerprint density at radius 3 is 2.33 bits per heavy atom. The molecule has 116 valence electrons. The smallest absolute Gasteiger partial charge is 0.238 e. The zero-order chi connectivity index (χ0) is 15.2. The molecule has 1 aromatic rings. The minimum Gasteiger partial charge on any atom is -0.306 e. The maximum Gasteiger partial charge on any atom is 0.238 e. The maximum atomic E-state index is 11.2. The topological polar surface area (TPSA) is 61.6 Å². The molecule has 0 aromatic heterocycles. The van der Waals surface area contributed by atoms with E-state index in [-0.39, 0.29) is 5.91 Å². The molecule has 2 rings (SSSR count). The monoisotopic (exact) mass is 290 g/mol. The van der Waals surface area contributed by atoms with E-state index in [1.807, 2.05) is 12.1 Å². The van der Waals surface area contributed by atoms with Crippen LogP contribution in [0.2, 0.25) is 0 Å². The second kappa shape index (κ2) is 7.54. The van der Waals surface area contributed by atoms with Crippen molar-refractivity contribution in [3.63, 3.8) is 0 Å². The molecule has 1 aliphatic heterocycles. The minimum absolute atomic E-state index is 0.159. The number of carbonyl (C=O) groups excluding carboxylic acids is 1. The first-order valence-corrected chi connectivity index (χ1v) is 7.54. The number of amides is 1. The van der Waals surface area contributed by atoms with E-state index in [2.05, 4.69) is 41.5 Å².